The lowest BCUT2D eigenvalue weighted by Crippen LogP contribution is -2.37. The third kappa shape index (κ3) is 4.82. The number of carbonyl (C=O) groups is 1. The highest BCUT2D eigenvalue weighted by Gasteiger charge is 2.22. The van der Waals surface area contributed by atoms with Crippen LogP contribution in [0.3, 0.4) is 0 Å². The summed E-state index contributed by atoms with van der Waals surface area (Å²) in [6.07, 6.45) is 5.10. The zero-order valence-corrected chi connectivity index (χ0v) is 15.6. The van der Waals surface area contributed by atoms with Gasteiger partial charge in [-0.3, -0.25) is 9.71 Å². The van der Waals surface area contributed by atoms with Gasteiger partial charge in [0.2, 0.25) is 0 Å². The van der Waals surface area contributed by atoms with Crippen molar-refractivity contribution in [3.05, 3.63) is 60.7 Å². The van der Waals surface area contributed by atoms with Crippen LogP contribution in [0.2, 0.25) is 0 Å². The number of carbonyl (C=O) groups excluding carboxylic acids is 1. The maximum atomic E-state index is 12.1. The van der Waals surface area contributed by atoms with Crippen LogP contribution in [0.4, 0.5) is 10.5 Å². The summed E-state index contributed by atoms with van der Waals surface area (Å²) in [5.74, 6) is 1.38. The van der Waals surface area contributed by atoms with Gasteiger partial charge in [0.05, 0.1) is 6.20 Å². The first-order valence-electron chi connectivity index (χ1n) is 8.08. The standard InChI is InChI=1S/C18H21N5O2S/c1-18(2,3)16-12-20-26(22-16)23-17(24)21-13-4-6-14(7-5-13)25-15-8-10-19-11-9-15/h4-12H,1-3H3,(H3,20,21,22,23,24). The molecule has 0 radical (unpaired) electrons. The molecular formula is C18H21N5O2S. The molecule has 2 amide bonds. The van der Waals surface area contributed by atoms with Gasteiger partial charge in [-0.1, -0.05) is 20.8 Å². The Bertz CT molecular complexity index is 842. The van der Waals surface area contributed by atoms with Gasteiger partial charge < -0.3 is 14.8 Å². The summed E-state index contributed by atoms with van der Waals surface area (Å²) in [5.41, 5.74) is 1.63. The Labute approximate surface area is 155 Å². The zero-order valence-electron chi connectivity index (χ0n) is 14.8. The molecule has 26 heavy (non-hydrogen) atoms. The van der Waals surface area contributed by atoms with E-state index in [4.69, 9.17) is 4.74 Å². The Kier molecular flexibility index (Phi) is 5.22. The van der Waals surface area contributed by atoms with Crippen LogP contribution in [0.15, 0.2) is 65.1 Å². The Morgan fingerprint density at radius 2 is 1.73 bits per heavy atom. The summed E-state index contributed by atoms with van der Waals surface area (Å²) < 4.78 is 16.0. The normalized spacial score (nSPS) is 16.1. The molecule has 2 aromatic rings. The number of nitrogens with one attached hydrogen (secondary N) is 3. The van der Waals surface area contributed by atoms with E-state index in [1.807, 2.05) is 0 Å². The molecule has 3 rings (SSSR count). The van der Waals surface area contributed by atoms with Crippen LogP contribution in [0.25, 0.3) is 0 Å². The lowest BCUT2D eigenvalue weighted by molar-refractivity contribution is 0.257. The van der Waals surface area contributed by atoms with Gasteiger partial charge in [0.1, 0.15) is 22.6 Å². The number of allylic oxidation sites excluding steroid dienone is 1. The van der Waals surface area contributed by atoms with Gasteiger partial charge in [0.25, 0.3) is 0 Å². The lowest BCUT2D eigenvalue weighted by atomic mass is 9.93. The van der Waals surface area contributed by atoms with Crippen molar-refractivity contribution >= 4 is 22.8 Å². The monoisotopic (exact) mass is 371 g/mol. The highest BCUT2D eigenvalue weighted by atomic mass is 32.2. The van der Waals surface area contributed by atoms with E-state index < -0.39 is 11.1 Å². The number of urea groups is 1. The Hall–Kier alpha value is -2.87. The highest BCUT2D eigenvalue weighted by molar-refractivity contribution is 7.84. The average Bonchev–Trinajstić information content (AvgIpc) is 3.06. The summed E-state index contributed by atoms with van der Waals surface area (Å²) >= 11 is -0.749. The molecule has 1 aromatic carbocycles. The fraction of sp³-hybridized carbons (Fsp3) is 0.222. The first-order valence-corrected chi connectivity index (χ1v) is 9.26. The molecule has 7 nitrogen and oxygen atoms in total. The number of nitrogens with zero attached hydrogens (tertiary/aromatic N) is 2. The van der Waals surface area contributed by atoms with E-state index in [-0.39, 0.29) is 11.4 Å². The number of amides is 2. The first-order chi connectivity index (χ1) is 12.4. The van der Waals surface area contributed by atoms with Crippen LogP contribution in [-0.4, -0.2) is 11.0 Å². The van der Waals surface area contributed by atoms with Crippen LogP contribution < -0.4 is 19.5 Å². The molecule has 0 fully saturated rings. The molecule has 136 valence electrons. The van der Waals surface area contributed by atoms with Gasteiger partial charge >= 0.3 is 6.03 Å². The summed E-state index contributed by atoms with van der Waals surface area (Å²) in [6, 6.07) is 10.4. The van der Waals surface area contributed by atoms with Gasteiger partial charge in [-0.25, -0.2) is 4.79 Å². The maximum Gasteiger partial charge on any atom is 0.331 e. The number of pyridine rings is 1. The van der Waals surface area contributed by atoms with Crippen LogP contribution in [0.1, 0.15) is 20.8 Å². The fourth-order valence-electron chi connectivity index (χ4n) is 2.05. The Morgan fingerprint density at radius 3 is 2.35 bits per heavy atom. The Balaban J connectivity index is 1.51. The molecule has 0 aliphatic carbocycles. The van der Waals surface area contributed by atoms with Gasteiger partial charge in [-0.2, -0.15) is 4.36 Å². The second kappa shape index (κ2) is 7.57. The van der Waals surface area contributed by atoms with Crippen LogP contribution in [0.5, 0.6) is 11.5 Å². The second-order valence-corrected chi connectivity index (χ2v) is 7.84. The number of ether oxygens (including phenoxy) is 1. The van der Waals surface area contributed by atoms with E-state index in [1.165, 1.54) is 0 Å². The zero-order chi connectivity index (χ0) is 18.6. The van der Waals surface area contributed by atoms with E-state index in [9.17, 15) is 4.79 Å². The quantitative estimate of drug-likeness (QED) is 0.754. The summed E-state index contributed by atoms with van der Waals surface area (Å²) in [4.78, 5) is 16.1. The van der Waals surface area contributed by atoms with Crippen LogP contribution in [0, 0.1) is 5.41 Å². The van der Waals surface area contributed by atoms with Crippen molar-refractivity contribution in [1.82, 2.24) is 14.4 Å². The molecule has 1 unspecified atom stereocenters. The summed E-state index contributed by atoms with van der Waals surface area (Å²) in [7, 11) is 0. The minimum atomic E-state index is -0.749. The van der Waals surface area contributed by atoms with Crippen molar-refractivity contribution < 1.29 is 9.53 Å². The second-order valence-electron chi connectivity index (χ2n) is 6.65. The largest absolute Gasteiger partial charge is 0.457 e. The van der Waals surface area contributed by atoms with E-state index in [0.717, 1.165) is 5.70 Å². The molecule has 3 N–H and O–H groups in total. The lowest BCUT2D eigenvalue weighted by Gasteiger charge is -2.21. The molecule has 1 aromatic heterocycles. The number of benzene rings is 1. The third-order valence-corrected chi connectivity index (χ3v) is 4.60. The van der Waals surface area contributed by atoms with E-state index in [0.29, 0.717) is 17.2 Å². The SMILES string of the molecule is CC(C)(C)C1=CN=S(NC(=O)Nc2ccc(Oc3ccncc3)cc2)N1. The van der Waals surface area contributed by atoms with E-state index >= 15 is 0 Å². The number of hydrogen-bond acceptors (Lipinski definition) is 5. The predicted molar refractivity (Wildman–Crippen MR) is 103 cm³/mol. The molecule has 0 saturated carbocycles. The van der Waals surface area contributed by atoms with Gasteiger partial charge in [-0.15, -0.1) is 0 Å². The molecule has 8 heteroatoms. The molecule has 1 atom stereocenters. The summed E-state index contributed by atoms with van der Waals surface area (Å²) in [5, 5.41) is 2.78. The van der Waals surface area contributed by atoms with Gasteiger partial charge in [0, 0.05) is 29.2 Å². The van der Waals surface area contributed by atoms with Crippen LogP contribution >= 0.6 is 0 Å². The molecule has 0 spiro atoms. The molecular weight excluding hydrogens is 350 g/mol. The number of hydrogen-bond donors (Lipinski definition) is 3. The number of rotatable bonds is 4. The maximum absolute atomic E-state index is 12.1. The Morgan fingerprint density at radius 1 is 1.08 bits per heavy atom. The van der Waals surface area contributed by atoms with E-state index in [2.05, 4.69) is 44.9 Å². The van der Waals surface area contributed by atoms with E-state index in [1.54, 1.807) is 55.0 Å². The molecule has 1 aliphatic heterocycles. The van der Waals surface area contributed by atoms with Gasteiger partial charge in [0.15, 0.2) is 0 Å². The topological polar surface area (TPSA) is 87.6 Å². The average molecular weight is 371 g/mol. The fourth-order valence-corrected chi connectivity index (χ4v) is 3.22. The molecule has 2 heterocycles. The summed E-state index contributed by atoms with van der Waals surface area (Å²) in [6.45, 7) is 6.26. The third-order valence-electron chi connectivity index (χ3n) is 3.49. The van der Waals surface area contributed by atoms with Crippen molar-refractivity contribution in [2.75, 3.05) is 5.32 Å². The van der Waals surface area contributed by atoms with Crippen LogP contribution in [-0.2, 0) is 11.1 Å². The first kappa shape index (κ1) is 17.9. The number of anilines is 1. The number of aromatic nitrogens is 1. The van der Waals surface area contributed by atoms with Gasteiger partial charge in [-0.05, 0) is 36.4 Å². The van der Waals surface area contributed by atoms with Crippen molar-refractivity contribution in [2.24, 2.45) is 9.78 Å². The van der Waals surface area contributed by atoms with Crippen molar-refractivity contribution in [3.8, 4) is 11.5 Å². The predicted octanol–water partition coefficient (Wildman–Crippen LogP) is 4.12. The minimum Gasteiger partial charge on any atom is -0.457 e. The van der Waals surface area contributed by atoms with Crippen molar-refractivity contribution in [1.29, 1.82) is 0 Å². The molecule has 1 aliphatic rings. The molecule has 0 bridgehead atoms. The van der Waals surface area contributed by atoms with Crippen molar-refractivity contribution in [3.63, 3.8) is 0 Å². The molecule has 0 saturated heterocycles. The smallest absolute Gasteiger partial charge is 0.331 e. The minimum absolute atomic E-state index is 0.0337. The highest BCUT2D eigenvalue weighted by Crippen LogP contribution is 2.25. The van der Waals surface area contributed by atoms with Crippen molar-refractivity contribution in [2.45, 2.75) is 20.8 Å².